The molecule has 2 aliphatic rings. The van der Waals surface area contributed by atoms with Crippen LogP contribution in [0.3, 0.4) is 0 Å². The number of nitrogens with zero attached hydrogens (tertiary/aromatic N) is 3. The highest BCUT2D eigenvalue weighted by Crippen LogP contribution is 2.23. The third kappa shape index (κ3) is 6.98. The summed E-state index contributed by atoms with van der Waals surface area (Å²) in [6.45, 7) is 6.95. The van der Waals surface area contributed by atoms with Gasteiger partial charge in [-0.05, 0) is 18.2 Å². The lowest BCUT2D eigenvalue weighted by atomic mass is 10.0. The molecule has 0 spiro atoms. The number of benzene rings is 2. The summed E-state index contributed by atoms with van der Waals surface area (Å²) >= 11 is 0. The predicted octanol–water partition coefficient (Wildman–Crippen LogP) is 2.92. The number of anilines is 2. The van der Waals surface area contributed by atoms with Crippen molar-refractivity contribution in [1.82, 2.24) is 4.98 Å². The van der Waals surface area contributed by atoms with Crippen LogP contribution in [0.4, 0.5) is 11.4 Å². The topological polar surface area (TPSA) is 152 Å². The number of pyridine rings is 1. The number of rotatable bonds is 3. The minimum Gasteiger partial charge on any atom is -0.389 e. The molecular formula is C27H33N7O3. The van der Waals surface area contributed by atoms with Crippen LogP contribution in [0, 0.1) is 5.41 Å². The first-order valence-electron chi connectivity index (χ1n) is 12.1. The lowest BCUT2D eigenvalue weighted by Gasteiger charge is -2.29. The van der Waals surface area contributed by atoms with E-state index in [-0.39, 0.29) is 11.8 Å². The highest BCUT2D eigenvalue weighted by Gasteiger charge is 2.22. The Hall–Kier alpha value is -4.12. The van der Waals surface area contributed by atoms with Crippen LogP contribution in [-0.2, 0) is 14.4 Å². The molecule has 194 valence electrons. The van der Waals surface area contributed by atoms with Crippen LogP contribution < -0.4 is 21.8 Å². The second-order valence-corrected chi connectivity index (χ2v) is 7.74. The first-order valence-corrected chi connectivity index (χ1v) is 12.1. The number of fused-ring (bicyclic) bond motifs is 1. The maximum absolute atomic E-state index is 11.8. The largest absolute Gasteiger partial charge is 0.389 e. The van der Waals surface area contributed by atoms with Crippen LogP contribution >= 0.6 is 0 Å². The third-order valence-corrected chi connectivity index (χ3v) is 5.50. The SMILES string of the molecule is CC.N=C(ON)c1ncccc1N1CCOCC1.NC1N=C(c2ccccc2)c2ccccc2NC1=O. The van der Waals surface area contributed by atoms with Crippen LogP contribution in [-0.4, -0.2) is 55.0 Å². The van der Waals surface area contributed by atoms with Crippen LogP contribution in [0.15, 0.2) is 77.9 Å². The van der Waals surface area contributed by atoms with Crippen molar-refractivity contribution < 1.29 is 14.4 Å². The molecule has 6 N–H and O–H groups in total. The molecule has 10 nitrogen and oxygen atoms in total. The van der Waals surface area contributed by atoms with Crippen molar-refractivity contribution in [1.29, 1.82) is 5.41 Å². The highest BCUT2D eigenvalue weighted by atomic mass is 16.6. The number of carbonyl (C=O) groups excluding carboxylic acids is 1. The molecule has 0 bridgehead atoms. The van der Waals surface area contributed by atoms with Crippen LogP contribution in [0.25, 0.3) is 0 Å². The zero-order valence-electron chi connectivity index (χ0n) is 21.1. The number of hydrogen-bond donors (Lipinski definition) is 4. The van der Waals surface area contributed by atoms with Crippen molar-refractivity contribution in [3.05, 3.63) is 89.7 Å². The molecule has 1 amide bonds. The number of amides is 1. The van der Waals surface area contributed by atoms with Gasteiger partial charge < -0.3 is 25.5 Å². The molecule has 2 aliphatic heterocycles. The fourth-order valence-corrected chi connectivity index (χ4v) is 3.79. The second-order valence-electron chi connectivity index (χ2n) is 7.74. The van der Waals surface area contributed by atoms with E-state index in [1.807, 2.05) is 80.6 Å². The Morgan fingerprint density at radius 3 is 2.43 bits per heavy atom. The van der Waals surface area contributed by atoms with Crippen molar-refractivity contribution >= 4 is 28.9 Å². The van der Waals surface area contributed by atoms with Crippen LogP contribution in [0.5, 0.6) is 0 Å². The monoisotopic (exact) mass is 503 g/mol. The van der Waals surface area contributed by atoms with Gasteiger partial charge in [-0.1, -0.05) is 62.4 Å². The average Bonchev–Trinajstić information content (AvgIpc) is 3.10. The van der Waals surface area contributed by atoms with E-state index < -0.39 is 6.17 Å². The normalized spacial score (nSPS) is 16.3. The maximum Gasteiger partial charge on any atom is 0.263 e. The second kappa shape index (κ2) is 13.8. The summed E-state index contributed by atoms with van der Waals surface area (Å²) in [7, 11) is 0. The number of nitrogens with two attached hydrogens (primary N) is 2. The van der Waals surface area contributed by atoms with Gasteiger partial charge in [0.2, 0.25) is 0 Å². The molecule has 1 fully saturated rings. The number of benzodiazepines with no additional fused rings is 1. The van der Waals surface area contributed by atoms with Gasteiger partial charge in [-0.2, -0.15) is 5.90 Å². The Balaban J connectivity index is 0.000000195. The fourth-order valence-electron chi connectivity index (χ4n) is 3.79. The van der Waals surface area contributed by atoms with Gasteiger partial charge in [0.25, 0.3) is 11.8 Å². The Morgan fingerprint density at radius 1 is 1.05 bits per heavy atom. The highest BCUT2D eigenvalue weighted by molar-refractivity contribution is 6.19. The van der Waals surface area contributed by atoms with Crippen molar-refractivity contribution in [3.63, 3.8) is 0 Å². The number of aliphatic imine (C=N–C) groups is 1. The van der Waals surface area contributed by atoms with E-state index in [1.165, 1.54) is 0 Å². The van der Waals surface area contributed by atoms with E-state index in [4.69, 9.17) is 21.8 Å². The number of aromatic nitrogens is 1. The quantitative estimate of drug-likeness (QED) is 0.244. The molecule has 3 heterocycles. The molecule has 1 aromatic heterocycles. The molecule has 37 heavy (non-hydrogen) atoms. The number of hydrogen-bond acceptors (Lipinski definition) is 9. The molecule has 1 unspecified atom stereocenters. The Kier molecular flexibility index (Phi) is 10.3. The van der Waals surface area contributed by atoms with Gasteiger partial charge in [-0.3, -0.25) is 15.2 Å². The molecule has 0 radical (unpaired) electrons. The summed E-state index contributed by atoms with van der Waals surface area (Å²) < 4.78 is 5.28. The summed E-state index contributed by atoms with van der Waals surface area (Å²) in [5.74, 6) is 4.58. The molecular weight excluding hydrogens is 470 g/mol. The number of para-hydroxylation sites is 1. The van der Waals surface area contributed by atoms with Gasteiger partial charge in [0.15, 0.2) is 6.17 Å². The average molecular weight is 504 g/mol. The minimum atomic E-state index is -0.886. The molecule has 3 aromatic rings. The number of nitrogens with one attached hydrogen (secondary N) is 2. The van der Waals surface area contributed by atoms with Crippen molar-refractivity contribution in [2.24, 2.45) is 16.6 Å². The molecule has 1 saturated heterocycles. The zero-order valence-corrected chi connectivity index (χ0v) is 21.1. The van der Waals surface area contributed by atoms with E-state index in [0.29, 0.717) is 18.9 Å². The van der Waals surface area contributed by atoms with E-state index in [9.17, 15) is 4.79 Å². The summed E-state index contributed by atoms with van der Waals surface area (Å²) in [6.07, 6.45) is 0.731. The number of morpholine rings is 1. The minimum absolute atomic E-state index is 0.123. The molecule has 2 aromatic carbocycles. The first-order chi connectivity index (χ1) is 18.1. The smallest absolute Gasteiger partial charge is 0.263 e. The summed E-state index contributed by atoms with van der Waals surface area (Å²) in [6, 6.07) is 21.0. The summed E-state index contributed by atoms with van der Waals surface area (Å²) in [5, 5.41) is 10.4. The van der Waals surface area contributed by atoms with Gasteiger partial charge in [-0.15, -0.1) is 0 Å². The van der Waals surface area contributed by atoms with Gasteiger partial charge in [0.05, 0.1) is 30.3 Å². The zero-order chi connectivity index (χ0) is 26.6. The van der Waals surface area contributed by atoms with Crippen molar-refractivity contribution in [2.75, 3.05) is 36.5 Å². The van der Waals surface area contributed by atoms with E-state index in [1.54, 1.807) is 6.20 Å². The fraction of sp³-hybridized carbons (Fsp3) is 0.259. The summed E-state index contributed by atoms with van der Waals surface area (Å²) in [5.41, 5.74) is 10.4. The molecule has 10 heteroatoms. The van der Waals surface area contributed by atoms with Gasteiger partial charge in [0.1, 0.15) is 5.69 Å². The molecule has 0 saturated carbocycles. The van der Waals surface area contributed by atoms with Crippen molar-refractivity contribution in [2.45, 2.75) is 20.0 Å². The van der Waals surface area contributed by atoms with Gasteiger partial charge in [0, 0.05) is 30.4 Å². The van der Waals surface area contributed by atoms with Crippen molar-refractivity contribution in [3.8, 4) is 0 Å². The maximum atomic E-state index is 11.8. The van der Waals surface area contributed by atoms with Gasteiger partial charge in [-0.25, -0.2) is 4.98 Å². The Bertz CT molecular complexity index is 1210. The third-order valence-electron chi connectivity index (χ3n) is 5.50. The number of ether oxygens (including phenoxy) is 1. The predicted molar refractivity (Wildman–Crippen MR) is 146 cm³/mol. The summed E-state index contributed by atoms with van der Waals surface area (Å²) in [4.78, 5) is 26.8. The Morgan fingerprint density at radius 2 is 1.73 bits per heavy atom. The van der Waals surface area contributed by atoms with E-state index >= 15 is 0 Å². The molecule has 0 aliphatic carbocycles. The van der Waals surface area contributed by atoms with E-state index in [0.717, 1.165) is 41.3 Å². The molecule has 5 rings (SSSR count). The van der Waals surface area contributed by atoms with Crippen LogP contribution in [0.2, 0.25) is 0 Å². The first kappa shape index (κ1) is 27.5. The number of carbonyl (C=O) groups is 1. The van der Waals surface area contributed by atoms with E-state index in [2.05, 4.69) is 25.0 Å². The lowest BCUT2D eigenvalue weighted by Crippen LogP contribution is -2.37. The lowest BCUT2D eigenvalue weighted by molar-refractivity contribution is -0.117. The van der Waals surface area contributed by atoms with Crippen LogP contribution in [0.1, 0.15) is 30.7 Å². The molecule has 1 atom stereocenters. The van der Waals surface area contributed by atoms with Gasteiger partial charge >= 0.3 is 0 Å². The standard InChI is InChI=1S/C15H13N3O.C10H14N4O2.C2H6/c16-14-15(19)17-12-9-5-4-8-11(12)13(18-14)10-6-2-1-3-7-10;11-10(16-12)9-8(2-1-3-13-9)14-4-6-15-7-5-14;1-2/h1-9,14H,16H2,(H,17,19);1-3,11H,4-7,12H2;1-2H3. The Labute approximate surface area is 216 Å².